The van der Waals surface area contributed by atoms with Gasteiger partial charge in [0.1, 0.15) is 5.75 Å². The van der Waals surface area contributed by atoms with Crippen molar-refractivity contribution < 1.29 is 9.53 Å². The third-order valence-electron chi connectivity index (χ3n) is 4.00. The van der Waals surface area contributed by atoms with Gasteiger partial charge in [0.25, 0.3) is 0 Å². The van der Waals surface area contributed by atoms with Gasteiger partial charge >= 0.3 is 0 Å². The van der Waals surface area contributed by atoms with Crippen LogP contribution in [0.3, 0.4) is 0 Å². The van der Waals surface area contributed by atoms with Crippen LogP contribution in [0.1, 0.15) is 38.2 Å². The topological polar surface area (TPSA) is 55.6 Å². The van der Waals surface area contributed by atoms with E-state index < -0.39 is 0 Å². The van der Waals surface area contributed by atoms with Gasteiger partial charge < -0.3 is 15.4 Å². The van der Waals surface area contributed by atoms with Crippen molar-refractivity contribution in [1.29, 1.82) is 0 Å². The molecule has 0 spiro atoms. The predicted octanol–water partition coefficient (Wildman–Crippen LogP) is 2.52. The fourth-order valence-corrected chi connectivity index (χ4v) is 2.76. The average molecular weight is 276 g/mol. The van der Waals surface area contributed by atoms with Crippen LogP contribution in [0.15, 0.2) is 18.2 Å². The maximum atomic E-state index is 11.9. The number of rotatable bonds is 4. The molecule has 1 aromatic rings. The molecular weight excluding hydrogens is 252 g/mol. The summed E-state index contributed by atoms with van der Waals surface area (Å²) in [7, 11) is 1.81. The van der Waals surface area contributed by atoms with Crippen LogP contribution in [0, 0.1) is 5.92 Å². The monoisotopic (exact) mass is 276 g/mol. The zero-order valence-corrected chi connectivity index (χ0v) is 12.6. The summed E-state index contributed by atoms with van der Waals surface area (Å²) < 4.78 is 5.66. The Kier molecular flexibility index (Phi) is 4.65. The molecular formula is C16H24N2O2. The molecule has 0 bridgehead atoms. The summed E-state index contributed by atoms with van der Waals surface area (Å²) in [5.41, 5.74) is 7.83. The molecule has 4 nitrogen and oxygen atoms in total. The first kappa shape index (κ1) is 14.9. The number of nitrogens with zero attached hydrogens (tertiary/aromatic N) is 1. The molecule has 1 heterocycles. The third-order valence-corrected chi connectivity index (χ3v) is 4.00. The van der Waals surface area contributed by atoms with Gasteiger partial charge in [0.2, 0.25) is 5.91 Å². The number of hydrogen-bond acceptors (Lipinski definition) is 3. The number of nitrogens with two attached hydrogens (primary N) is 1. The first-order valence-corrected chi connectivity index (χ1v) is 7.28. The molecule has 0 saturated heterocycles. The normalized spacial score (nSPS) is 16.6. The maximum absolute atomic E-state index is 11.9. The van der Waals surface area contributed by atoms with Crippen molar-refractivity contribution in [2.24, 2.45) is 11.7 Å². The van der Waals surface area contributed by atoms with Crippen LogP contribution in [0.25, 0.3) is 0 Å². The van der Waals surface area contributed by atoms with E-state index >= 15 is 0 Å². The lowest BCUT2D eigenvalue weighted by Gasteiger charge is -2.23. The lowest BCUT2D eigenvalue weighted by atomic mass is 9.85. The minimum absolute atomic E-state index is 0.0980. The van der Waals surface area contributed by atoms with Gasteiger partial charge in [0.15, 0.2) is 0 Å². The van der Waals surface area contributed by atoms with E-state index in [0.717, 1.165) is 17.9 Å². The van der Waals surface area contributed by atoms with Crippen LogP contribution < -0.4 is 15.4 Å². The molecule has 1 aromatic carbocycles. The van der Waals surface area contributed by atoms with Crippen LogP contribution in [0.2, 0.25) is 0 Å². The summed E-state index contributed by atoms with van der Waals surface area (Å²) in [6.07, 6.45) is 1.38. The van der Waals surface area contributed by atoms with E-state index in [0.29, 0.717) is 31.4 Å². The number of hydrogen-bond donors (Lipinski definition) is 1. The van der Waals surface area contributed by atoms with Gasteiger partial charge in [0.05, 0.1) is 18.7 Å². The Morgan fingerprint density at radius 2 is 2.15 bits per heavy atom. The summed E-state index contributed by atoms with van der Waals surface area (Å²) >= 11 is 0. The molecule has 0 aromatic heterocycles. The Bertz CT molecular complexity index is 485. The van der Waals surface area contributed by atoms with E-state index in [1.54, 1.807) is 4.90 Å². The van der Waals surface area contributed by atoms with Crippen molar-refractivity contribution in [3.8, 4) is 5.75 Å². The summed E-state index contributed by atoms with van der Waals surface area (Å²) in [5, 5.41) is 0. The largest absolute Gasteiger partial charge is 0.491 e. The van der Waals surface area contributed by atoms with Gasteiger partial charge in [-0.05, 0) is 42.5 Å². The number of fused-ring (bicyclic) bond motifs is 1. The Labute approximate surface area is 120 Å². The minimum atomic E-state index is 0.0980. The molecule has 1 aliphatic heterocycles. The van der Waals surface area contributed by atoms with E-state index in [9.17, 15) is 4.79 Å². The Morgan fingerprint density at radius 3 is 2.80 bits per heavy atom. The number of carbonyl (C=O) groups excluding carboxylic acids is 1. The summed E-state index contributed by atoms with van der Waals surface area (Å²) in [4.78, 5) is 13.6. The van der Waals surface area contributed by atoms with E-state index in [2.05, 4.69) is 26.0 Å². The number of anilines is 1. The van der Waals surface area contributed by atoms with Gasteiger partial charge in [0, 0.05) is 7.05 Å². The zero-order chi connectivity index (χ0) is 14.7. The van der Waals surface area contributed by atoms with E-state index in [1.165, 1.54) is 5.56 Å². The average Bonchev–Trinajstić information content (AvgIpc) is 2.56. The van der Waals surface area contributed by atoms with Crippen molar-refractivity contribution in [1.82, 2.24) is 0 Å². The molecule has 0 aliphatic carbocycles. The lowest BCUT2D eigenvalue weighted by Crippen LogP contribution is -2.25. The number of carbonyl (C=O) groups is 1. The fraction of sp³-hybridized carbons (Fsp3) is 0.562. The number of ether oxygens (including phenoxy) is 1. The first-order valence-electron chi connectivity index (χ1n) is 7.28. The van der Waals surface area contributed by atoms with Crippen LogP contribution in [0.5, 0.6) is 5.75 Å². The number of benzene rings is 1. The van der Waals surface area contributed by atoms with Crippen LogP contribution in [-0.2, 0) is 4.79 Å². The molecule has 2 rings (SSSR count). The standard InChI is InChI=1S/C16H24N2O2/c1-11(2)13(6-8-17)12-4-5-15-14(10-12)18(3)16(19)7-9-20-15/h4-5,10-11,13H,6-9,17H2,1-3H3. The smallest absolute Gasteiger partial charge is 0.230 e. The molecule has 0 radical (unpaired) electrons. The molecule has 0 fully saturated rings. The van der Waals surface area contributed by atoms with Crippen LogP contribution >= 0.6 is 0 Å². The molecule has 4 heteroatoms. The summed E-state index contributed by atoms with van der Waals surface area (Å²) in [6, 6.07) is 6.16. The van der Waals surface area contributed by atoms with Crippen molar-refractivity contribution in [2.45, 2.75) is 32.6 Å². The Morgan fingerprint density at radius 1 is 1.40 bits per heavy atom. The van der Waals surface area contributed by atoms with Crippen molar-refractivity contribution in [2.75, 3.05) is 25.1 Å². The second kappa shape index (κ2) is 6.27. The van der Waals surface area contributed by atoms with Crippen LogP contribution in [0.4, 0.5) is 5.69 Å². The zero-order valence-electron chi connectivity index (χ0n) is 12.6. The van der Waals surface area contributed by atoms with Gasteiger partial charge in [-0.3, -0.25) is 4.79 Å². The molecule has 2 N–H and O–H groups in total. The van der Waals surface area contributed by atoms with Gasteiger partial charge in [-0.1, -0.05) is 19.9 Å². The summed E-state index contributed by atoms with van der Waals surface area (Å²) in [5.74, 6) is 1.82. The maximum Gasteiger partial charge on any atom is 0.230 e. The van der Waals surface area contributed by atoms with E-state index in [4.69, 9.17) is 10.5 Å². The van der Waals surface area contributed by atoms with E-state index in [1.807, 2.05) is 13.1 Å². The van der Waals surface area contributed by atoms with Crippen molar-refractivity contribution in [3.63, 3.8) is 0 Å². The molecule has 20 heavy (non-hydrogen) atoms. The molecule has 1 atom stereocenters. The molecule has 1 unspecified atom stereocenters. The Balaban J connectivity index is 2.38. The van der Waals surface area contributed by atoms with Gasteiger partial charge in [-0.2, -0.15) is 0 Å². The number of amides is 1. The first-order chi connectivity index (χ1) is 9.54. The van der Waals surface area contributed by atoms with Gasteiger partial charge in [-0.15, -0.1) is 0 Å². The van der Waals surface area contributed by atoms with Crippen LogP contribution in [-0.4, -0.2) is 26.1 Å². The highest BCUT2D eigenvalue weighted by Gasteiger charge is 2.22. The minimum Gasteiger partial charge on any atom is -0.491 e. The quantitative estimate of drug-likeness (QED) is 0.919. The molecule has 1 aliphatic rings. The second-order valence-electron chi connectivity index (χ2n) is 5.71. The summed E-state index contributed by atoms with van der Waals surface area (Å²) in [6.45, 7) is 5.53. The highest BCUT2D eigenvalue weighted by Crippen LogP contribution is 2.36. The molecule has 0 saturated carbocycles. The molecule has 110 valence electrons. The highest BCUT2D eigenvalue weighted by molar-refractivity contribution is 5.95. The second-order valence-corrected chi connectivity index (χ2v) is 5.71. The Hall–Kier alpha value is -1.55. The predicted molar refractivity (Wildman–Crippen MR) is 81.2 cm³/mol. The third kappa shape index (κ3) is 2.96. The van der Waals surface area contributed by atoms with Crippen molar-refractivity contribution >= 4 is 11.6 Å². The SMILES string of the molecule is CC(C)C(CCN)c1ccc2c(c1)N(C)C(=O)CCO2. The highest BCUT2D eigenvalue weighted by atomic mass is 16.5. The fourth-order valence-electron chi connectivity index (χ4n) is 2.76. The van der Waals surface area contributed by atoms with E-state index in [-0.39, 0.29) is 5.91 Å². The lowest BCUT2D eigenvalue weighted by molar-refractivity contribution is -0.118. The molecule has 1 amide bonds. The van der Waals surface area contributed by atoms with Crippen molar-refractivity contribution in [3.05, 3.63) is 23.8 Å². The van der Waals surface area contributed by atoms with Gasteiger partial charge in [-0.25, -0.2) is 0 Å².